The van der Waals surface area contributed by atoms with Crippen LogP contribution in [0.1, 0.15) is 16.2 Å². The molecule has 0 saturated heterocycles. The summed E-state index contributed by atoms with van der Waals surface area (Å²) >= 11 is 0. The van der Waals surface area contributed by atoms with E-state index in [9.17, 15) is 4.79 Å². The highest BCUT2D eigenvalue weighted by Crippen LogP contribution is 2.13. The van der Waals surface area contributed by atoms with Crippen molar-refractivity contribution in [3.8, 4) is 0 Å². The maximum Gasteiger partial charge on any atom is 0.358 e. The fraction of sp³-hybridized carbons (Fsp3) is 0.300. The van der Waals surface area contributed by atoms with Gasteiger partial charge >= 0.3 is 5.97 Å². The first-order valence-electron chi connectivity index (χ1n) is 4.65. The Morgan fingerprint density at radius 3 is 2.75 bits per heavy atom. The molecule has 6 heteroatoms. The zero-order valence-corrected chi connectivity index (χ0v) is 8.62. The summed E-state index contributed by atoms with van der Waals surface area (Å²) in [5, 5.41) is 0. The number of methoxy groups -OCH3 is 1. The van der Waals surface area contributed by atoms with E-state index in [1.54, 1.807) is 0 Å². The Balaban J connectivity index is 2.16. The van der Waals surface area contributed by atoms with Gasteiger partial charge in [-0.3, -0.25) is 4.98 Å². The number of aromatic nitrogens is 2. The zero-order chi connectivity index (χ0) is 11.4. The molecule has 0 aromatic carbocycles. The third-order valence-corrected chi connectivity index (χ3v) is 2.03. The van der Waals surface area contributed by atoms with Crippen LogP contribution in [0.25, 0.3) is 0 Å². The van der Waals surface area contributed by atoms with Crippen molar-refractivity contribution in [2.45, 2.75) is 12.7 Å². The second-order valence-electron chi connectivity index (χ2n) is 3.02. The van der Waals surface area contributed by atoms with Gasteiger partial charge in [-0.2, -0.15) is 0 Å². The number of hydrogen-bond donors (Lipinski definition) is 0. The van der Waals surface area contributed by atoms with E-state index >= 15 is 0 Å². The van der Waals surface area contributed by atoms with E-state index in [0.717, 1.165) is 0 Å². The smallest absolute Gasteiger partial charge is 0.358 e. The second kappa shape index (κ2) is 4.61. The molecular weight excluding hydrogens is 212 g/mol. The van der Waals surface area contributed by atoms with Gasteiger partial charge in [0.15, 0.2) is 5.69 Å². The molecule has 84 valence electrons. The summed E-state index contributed by atoms with van der Waals surface area (Å²) in [7, 11) is 1.30. The first-order valence-corrected chi connectivity index (χ1v) is 4.65. The molecule has 0 bridgehead atoms. The molecule has 0 fully saturated rings. The van der Waals surface area contributed by atoms with Crippen molar-refractivity contribution in [3.05, 3.63) is 36.3 Å². The first-order chi connectivity index (χ1) is 7.81. The van der Waals surface area contributed by atoms with Crippen molar-refractivity contribution in [2.24, 2.45) is 0 Å². The monoisotopic (exact) mass is 222 g/mol. The minimum absolute atomic E-state index is 0.184. The van der Waals surface area contributed by atoms with Gasteiger partial charge in [-0.05, 0) is 0 Å². The largest absolute Gasteiger partial charge is 0.464 e. The highest BCUT2D eigenvalue weighted by Gasteiger charge is 2.20. The van der Waals surface area contributed by atoms with Crippen molar-refractivity contribution in [2.75, 3.05) is 7.11 Å². The molecule has 1 aromatic heterocycles. The van der Waals surface area contributed by atoms with Crippen LogP contribution in [0.4, 0.5) is 0 Å². The average molecular weight is 222 g/mol. The molecule has 0 unspecified atom stereocenters. The van der Waals surface area contributed by atoms with Crippen LogP contribution in [-0.4, -0.2) is 29.3 Å². The van der Waals surface area contributed by atoms with Crippen LogP contribution in [0.5, 0.6) is 0 Å². The number of carbonyl (C=O) groups is 1. The molecular formula is C10H10N2O4. The van der Waals surface area contributed by atoms with E-state index in [1.165, 1.54) is 32.0 Å². The highest BCUT2D eigenvalue weighted by molar-refractivity contribution is 5.88. The lowest BCUT2D eigenvalue weighted by Gasteiger charge is -2.10. The summed E-state index contributed by atoms with van der Waals surface area (Å²) in [5.41, 5.74) is 0.673. The van der Waals surface area contributed by atoms with Gasteiger partial charge in [0.05, 0.1) is 19.2 Å². The van der Waals surface area contributed by atoms with Gasteiger partial charge in [0.1, 0.15) is 12.5 Å². The van der Waals surface area contributed by atoms with Crippen LogP contribution in [0, 0.1) is 0 Å². The molecule has 0 amide bonds. The quantitative estimate of drug-likeness (QED) is 0.699. The van der Waals surface area contributed by atoms with Crippen LogP contribution >= 0.6 is 0 Å². The van der Waals surface area contributed by atoms with Crippen molar-refractivity contribution in [1.29, 1.82) is 0 Å². The van der Waals surface area contributed by atoms with Gasteiger partial charge in [-0.1, -0.05) is 0 Å². The fourth-order valence-electron chi connectivity index (χ4n) is 1.31. The SMILES string of the molecule is COC(=O)c1nccnc1CC1OC=CO1. The van der Waals surface area contributed by atoms with Crippen LogP contribution in [0.2, 0.25) is 0 Å². The summed E-state index contributed by atoms with van der Waals surface area (Å²) in [4.78, 5) is 19.4. The van der Waals surface area contributed by atoms with Gasteiger partial charge in [-0.25, -0.2) is 9.78 Å². The Kier molecular flexibility index (Phi) is 3.00. The van der Waals surface area contributed by atoms with Crippen molar-refractivity contribution in [1.82, 2.24) is 9.97 Å². The Labute approximate surface area is 91.9 Å². The maximum absolute atomic E-state index is 11.4. The molecule has 1 aliphatic rings. The standard InChI is InChI=1S/C10H10N2O4/c1-14-10(13)9-7(11-2-3-12-9)6-8-15-4-5-16-8/h2-5,8H,6H2,1H3. The van der Waals surface area contributed by atoms with E-state index < -0.39 is 12.3 Å². The van der Waals surface area contributed by atoms with E-state index in [4.69, 9.17) is 9.47 Å². The lowest BCUT2D eigenvalue weighted by Crippen LogP contribution is -2.17. The molecule has 2 heterocycles. The van der Waals surface area contributed by atoms with E-state index in [1.807, 2.05) is 0 Å². The minimum Gasteiger partial charge on any atom is -0.464 e. The normalized spacial score (nSPS) is 14.3. The maximum atomic E-state index is 11.4. The van der Waals surface area contributed by atoms with Crippen LogP contribution in [0.3, 0.4) is 0 Å². The van der Waals surface area contributed by atoms with Crippen LogP contribution < -0.4 is 0 Å². The highest BCUT2D eigenvalue weighted by atomic mass is 16.7. The molecule has 0 aliphatic carbocycles. The third kappa shape index (κ3) is 2.10. The molecule has 6 nitrogen and oxygen atoms in total. The second-order valence-corrected chi connectivity index (χ2v) is 3.02. The molecule has 2 rings (SSSR count). The topological polar surface area (TPSA) is 70.5 Å². The van der Waals surface area contributed by atoms with Gasteiger partial charge in [0.2, 0.25) is 6.29 Å². The Morgan fingerprint density at radius 2 is 2.06 bits per heavy atom. The molecule has 0 spiro atoms. The van der Waals surface area contributed by atoms with Crippen molar-refractivity contribution < 1.29 is 19.0 Å². The number of rotatable bonds is 3. The van der Waals surface area contributed by atoms with E-state index in [0.29, 0.717) is 12.1 Å². The molecule has 0 radical (unpaired) electrons. The van der Waals surface area contributed by atoms with Gasteiger partial charge in [-0.15, -0.1) is 0 Å². The van der Waals surface area contributed by atoms with Crippen LogP contribution in [0.15, 0.2) is 24.9 Å². The lowest BCUT2D eigenvalue weighted by molar-refractivity contribution is -0.0218. The molecule has 1 aliphatic heterocycles. The van der Waals surface area contributed by atoms with E-state index in [-0.39, 0.29) is 5.69 Å². The van der Waals surface area contributed by atoms with Crippen molar-refractivity contribution >= 4 is 5.97 Å². The predicted octanol–water partition coefficient (Wildman–Crippen LogP) is 0.650. The Morgan fingerprint density at radius 1 is 1.38 bits per heavy atom. The average Bonchev–Trinajstić information content (AvgIpc) is 2.82. The summed E-state index contributed by atoms with van der Waals surface area (Å²) in [5.74, 6) is -0.519. The first kappa shape index (κ1) is 10.4. The molecule has 0 saturated carbocycles. The number of carbonyl (C=O) groups excluding carboxylic acids is 1. The fourth-order valence-corrected chi connectivity index (χ4v) is 1.31. The molecule has 0 N–H and O–H groups in total. The van der Waals surface area contributed by atoms with Gasteiger partial charge in [0.25, 0.3) is 0 Å². The molecule has 0 atom stereocenters. The predicted molar refractivity (Wildman–Crippen MR) is 52.2 cm³/mol. The van der Waals surface area contributed by atoms with Crippen molar-refractivity contribution in [3.63, 3.8) is 0 Å². The number of ether oxygens (including phenoxy) is 3. The summed E-state index contributed by atoms with van der Waals surface area (Å²) in [6, 6.07) is 0. The number of esters is 1. The summed E-state index contributed by atoms with van der Waals surface area (Å²) in [6.45, 7) is 0. The molecule has 16 heavy (non-hydrogen) atoms. The number of nitrogens with zero attached hydrogens (tertiary/aromatic N) is 2. The summed E-state index contributed by atoms with van der Waals surface area (Å²) < 4.78 is 14.8. The minimum atomic E-state index is -0.519. The van der Waals surface area contributed by atoms with Crippen LogP contribution in [-0.2, 0) is 20.6 Å². The van der Waals surface area contributed by atoms with E-state index in [2.05, 4.69) is 14.7 Å². The Hall–Kier alpha value is -2.11. The third-order valence-electron chi connectivity index (χ3n) is 2.03. The van der Waals surface area contributed by atoms with Gasteiger partial charge < -0.3 is 14.2 Å². The Bertz CT molecular complexity index is 411. The number of hydrogen-bond acceptors (Lipinski definition) is 6. The van der Waals surface area contributed by atoms with Gasteiger partial charge in [0, 0.05) is 12.4 Å². The molecule has 1 aromatic rings. The lowest BCUT2D eigenvalue weighted by atomic mass is 10.2. The summed E-state index contributed by atoms with van der Waals surface area (Å²) in [6.07, 6.45) is 5.71. The zero-order valence-electron chi connectivity index (χ0n) is 8.62.